The van der Waals surface area contributed by atoms with Crippen molar-refractivity contribution >= 4 is 17.7 Å². The molecule has 0 bridgehead atoms. The van der Waals surface area contributed by atoms with Crippen LogP contribution in [0.4, 0.5) is 10.5 Å². The van der Waals surface area contributed by atoms with E-state index in [0.29, 0.717) is 12.6 Å². The largest absolute Gasteiger partial charge is 0.458 e. The van der Waals surface area contributed by atoms with E-state index >= 15 is 0 Å². The minimum Gasteiger partial charge on any atom is -0.458 e. The molecule has 1 unspecified atom stereocenters. The average molecular weight is 302 g/mol. The lowest BCUT2D eigenvalue weighted by atomic mass is 10.1. The lowest BCUT2D eigenvalue weighted by Gasteiger charge is -2.28. The Labute approximate surface area is 130 Å². The maximum absolute atomic E-state index is 11.9. The van der Waals surface area contributed by atoms with Crippen molar-refractivity contribution in [2.75, 3.05) is 31.5 Å². The first-order valence-electron chi connectivity index (χ1n) is 7.86. The first-order chi connectivity index (χ1) is 10.8. The van der Waals surface area contributed by atoms with Gasteiger partial charge in [-0.3, -0.25) is 10.2 Å². The number of amides is 2. The average Bonchev–Trinajstić information content (AvgIpc) is 2.96. The van der Waals surface area contributed by atoms with Gasteiger partial charge in [0.1, 0.15) is 6.10 Å². The van der Waals surface area contributed by atoms with Crippen LogP contribution in [0.5, 0.6) is 0 Å². The topological polar surface area (TPSA) is 66.0 Å². The Morgan fingerprint density at radius 2 is 1.95 bits per heavy atom. The number of amidine groups is 1. The van der Waals surface area contributed by atoms with Gasteiger partial charge in [-0.2, -0.15) is 0 Å². The van der Waals surface area contributed by atoms with E-state index in [2.05, 4.69) is 20.5 Å². The molecule has 2 aliphatic heterocycles. The van der Waals surface area contributed by atoms with Crippen LogP contribution in [0.1, 0.15) is 19.3 Å². The zero-order chi connectivity index (χ0) is 15.2. The molecule has 0 aliphatic carbocycles. The highest BCUT2D eigenvalue weighted by Crippen LogP contribution is 2.12. The monoisotopic (exact) mass is 302 g/mol. The van der Waals surface area contributed by atoms with Crippen molar-refractivity contribution in [3.05, 3.63) is 30.3 Å². The van der Waals surface area contributed by atoms with Crippen LogP contribution in [0.2, 0.25) is 0 Å². The van der Waals surface area contributed by atoms with Gasteiger partial charge < -0.3 is 10.1 Å². The van der Waals surface area contributed by atoms with Gasteiger partial charge in [0.05, 0.1) is 6.54 Å². The van der Waals surface area contributed by atoms with Gasteiger partial charge in [-0.25, -0.2) is 9.79 Å². The number of hydrogen-bond donors (Lipinski definition) is 2. The summed E-state index contributed by atoms with van der Waals surface area (Å²) in [6.07, 6.45) is 3.89. The summed E-state index contributed by atoms with van der Waals surface area (Å²) in [4.78, 5) is 18.5. The van der Waals surface area contributed by atoms with Crippen molar-refractivity contribution in [3.63, 3.8) is 0 Å². The van der Waals surface area contributed by atoms with E-state index in [1.54, 1.807) is 0 Å². The SMILES string of the molecule is O=C(NC1=NCC(CN2CCCCC2)O1)Nc1ccccc1. The van der Waals surface area contributed by atoms with Gasteiger partial charge in [0.2, 0.25) is 0 Å². The van der Waals surface area contributed by atoms with E-state index in [-0.39, 0.29) is 12.1 Å². The number of piperidine rings is 1. The van der Waals surface area contributed by atoms with E-state index < -0.39 is 0 Å². The number of nitrogens with one attached hydrogen (secondary N) is 2. The third-order valence-corrected chi connectivity index (χ3v) is 3.88. The van der Waals surface area contributed by atoms with Crippen LogP contribution in [0.3, 0.4) is 0 Å². The summed E-state index contributed by atoms with van der Waals surface area (Å²) in [7, 11) is 0. The number of benzene rings is 1. The van der Waals surface area contributed by atoms with E-state index in [4.69, 9.17) is 4.74 Å². The Hall–Kier alpha value is -2.08. The standard InChI is InChI=1S/C16H22N4O2/c21-15(18-13-7-3-1-4-8-13)19-16-17-11-14(22-16)12-20-9-5-2-6-10-20/h1,3-4,7-8,14H,2,5-6,9-12H2,(H2,17,18,19,21). The molecule has 2 amide bonds. The number of ether oxygens (including phenoxy) is 1. The predicted octanol–water partition coefficient (Wildman–Crippen LogP) is 2.05. The molecule has 0 radical (unpaired) electrons. The van der Waals surface area contributed by atoms with Crippen molar-refractivity contribution < 1.29 is 9.53 Å². The third-order valence-electron chi connectivity index (χ3n) is 3.88. The van der Waals surface area contributed by atoms with Crippen molar-refractivity contribution in [3.8, 4) is 0 Å². The highest BCUT2D eigenvalue weighted by Gasteiger charge is 2.24. The summed E-state index contributed by atoms with van der Waals surface area (Å²) < 4.78 is 5.71. The number of aliphatic imine (C=N–C) groups is 1. The highest BCUT2D eigenvalue weighted by molar-refractivity contribution is 6.00. The Bertz CT molecular complexity index is 526. The normalized spacial score (nSPS) is 21.8. The minimum atomic E-state index is -0.330. The molecule has 1 aromatic rings. The van der Waals surface area contributed by atoms with E-state index in [0.717, 1.165) is 25.3 Å². The number of nitrogens with zero attached hydrogens (tertiary/aromatic N) is 2. The Kier molecular flexibility index (Phi) is 4.90. The Morgan fingerprint density at radius 3 is 2.73 bits per heavy atom. The molecule has 2 aliphatic rings. The summed E-state index contributed by atoms with van der Waals surface area (Å²) in [5, 5.41) is 5.40. The number of likely N-dealkylation sites (tertiary alicyclic amines) is 1. The molecule has 6 nitrogen and oxygen atoms in total. The maximum atomic E-state index is 11.9. The fourth-order valence-corrected chi connectivity index (χ4v) is 2.79. The van der Waals surface area contributed by atoms with E-state index in [1.165, 1.54) is 19.3 Å². The first-order valence-corrected chi connectivity index (χ1v) is 7.86. The lowest BCUT2D eigenvalue weighted by molar-refractivity contribution is 0.127. The molecule has 6 heteroatoms. The van der Waals surface area contributed by atoms with Crippen molar-refractivity contribution in [2.24, 2.45) is 4.99 Å². The molecule has 3 rings (SSSR count). The molecule has 1 atom stereocenters. The summed E-state index contributed by atoms with van der Waals surface area (Å²) >= 11 is 0. The molecule has 0 aromatic heterocycles. The van der Waals surface area contributed by atoms with Crippen LogP contribution in [-0.2, 0) is 4.74 Å². The van der Waals surface area contributed by atoms with Gasteiger partial charge in [-0.05, 0) is 38.1 Å². The fourth-order valence-electron chi connectivity index (χ4n) is 2.79. The highest BCUT2D eigenvalue weighted by atomic mass is 16.5. The van der Waals surface area contributed by atoms with Gasteiger partial charge in [-0.1, -0.05) is 24.6 Å². The molecular formula is C16H22N4O2. The van der Waals surface area contributed by atoms with Gasteiger partial charge >= 0.3 is 6.03 Å². The third kappa shape index (κ3) is 4.21. The second-order valence-corrected chi connectivity index (χ2v) is 5.69. The second-order valence-electron chi connectivity index (χ2n) is 5.69. The number of rotatable bonds is 3. The number of para-hydroxylation sites is 1. The smallest absolute Gasteiger partial charge is 0.327 e. The number of hydrogen-bond acceptors (Lipinski definition) is 4. The summed E-state index contributed by atoms with van der Waals surface area (Å²) in [6, 6.07) is 9.28. The number of anilines is 1. The van der Waals surface area contributed by atoms with Crippen LogP contribution in [-0.4, -0.2) is 49.2 Å². The summed E-state index contributed by atoms with van der Waals surface area (Å²) in [5.74, 6) is 0. The van der Waals surface area contributed by atoms with Gasteiger partial charge in [0.25, 0.3) is 6.02 Å². The number of carbonyl (C=O) groups is 1. The number of carbonyl (C=O) groups excluding carboxylic acids is 1. The second kappa shape index (κ2) is 7.26. The Morgan fingerprint density at radius 1 is 1.18 bits per heavy atom. The zero-order valence-electron chi connectivity index (χ0n) is 12.6. The van der Waals surface area contributed by atoms with Crippen LogP contribution in [0.25, 0.3) is 0 Å². The van der Waals surface area contributed by atoms with Gasteiger partial charge in [0, 0.05) is 12.2 Å². The first kappa shape index (κ1) is 14.8. The molecule has 1 saturated heterocycles. The fraction of sp³-hybridized carbons (Fsp3) is 0.500. The predicted molar refractivity (Wildman–Crippen MR) is 86.1 cm³/mol. The number of urea groups is 1. The molecule has 0 saturated carbocycles. The molecule has 0 spiro atoms. The molecule has 118 valence electrons. The van der Waals surface area contributed by atoms with Crippen molar-refractivity contribution in [1.29, 1.82) is 0 Å². The molecular weight excluding hydrogens is 280 g/mol. The van der Waals surface area contributed by atoms with Crippen LogP contribution in [0.15, 0.2) is 35.3 Å². The quantitative estimate of drug-likeness (QED) is 0.898. The Balaban J connectivity index is 1.41. The molecule has 1 aromatic carbocycles. The van der Waals surface area contributed by atoms with Gasteiger partial charge in [0.15, 0.2) is 0 Å². The van der Waals surface area contributed by atoms with Crippen molar-refractivity contribution in [2.45, 2.75) is 25.4 Å². The molecule has 22 heavy (non-hydrogen) atoms. The van der Waals surface area contributed by atoms with Crippen LogP contribution < -0.4 is 10.6 Å². The van der Waals surface area contributed by atoms with Gasteiger partial charge in [-0.15, -0.1) is 0 Å². The van der Waals surface area contributed by atoms with E-state index in [1.807, 2.05) is 30.3 Å². The molecule has 2 heterocycles. The molecule has 1 fully saturated rings. The lowest BCUT2D eigenvalue weighted by Crippen LogP contribution is -2.40. The minimum absolute atomic E-state index is 0.0464. The molecule has 2 N–H and O–H groups in total. The van der Waals surface area contributed by atoms with Crippen LogP contribution >= 0.6 is 0 Å². The summed E-state index contributed by atoms with van der Waals surface area (Å²) in [6.45, 7) is 3.76. The zero-order valence-corrected chi connectivity index (χ0v) is 12.6. The van der Waals surface area contributed by atoms with E-state index in [9.17, 15) is 4.79 Å². The van der Waals surface area contributed by atoms with Crippen LogP contribution in [0, 0.1) is 0 Å². The summed E-state index contributed by atoms with van der Waals surface area (Å²) in [5.41, 5.74) is 0.739. The van der Waals surface area contributed by atoms with Crippen molar-refractivity contribution in [1.82, 2.24) is 10.2 Å². The maximum Gasteiger partial charge on any atom is 0.327 e.